The number of allylic oxidation sites excluding steroid dienone is 4. The minimum absolute atomic E-state index is 0.786. The average molecular weight is 692 g/mol. The van der Waals surface area contributed by atoms with E-state index in [9.17, 15) is 0 Å². The Morgan fingerprint density at radius 1 is 0.537 bits per heavy atom. The smallest absolute Gasteiger partial charge is 0.153 e. The van der Waals surface area contributed by atoms with E-state index in [4.69, 9.17) is 4.42 Å². The van der Waals surface area contributed by atoms with Crippen molar-refractivity contribution in [3.05, 3.63) is 194 Å². The van der Waals surface area contributed by atoms with Crippen molar-refractivity contribution >= 4 is 77.1 Å². The summed E-state index contributed by atoms with van der Waals surface area (Å²) in [7, 11) is 0. The molecule has 0 N–H and O–H groups in total. The van der Waals surface area contributed by atoms with Crippen LogP contribution in [-0.2, 0) is 0 Å². The topological polar surface area (TPSA) is 34.2 Å². The van der Waals surface area contributed by atoms with Gasteiger partial charge in [-0.1, -0.05) is 78.9 Å². The van der Waals surface area contributed by atoms with Gasteiger partial charge in [-0.25, -0.2) is 0 Å². The fourth-order valence-electron chi connectivity index (χ4n) is 8.15. The molecule has 0 spiro atoms. The van der Waals surface area contributed by atoms with Crippen molar-refractivity contribution in [1.29, 1.82) is 0 Å². The van der Waals surface area contributed by atoms with E-state index in [0.29, 0.717) is 0 Å². The Labute approximate surface area is 312 Å². The van der Waals surface area contributed by atoms with Gasteiger partial charge >= 0.3 is 0 Å². The highest BCUT2D eigenvalue weighted by molar-refractivity contribution is 6.14. The molecule has 0 atom stereocenters. The summed E-state index contributed by atoms with van der Waals surface area (Å²) in [5, 5.41) is 7.32. The predicted octanol–water partition coefficient (Wildman–Crippen LogP) is 13.7. The normalized spacial score (nSPS) is 12.8. The Kier molecular flexibility index (Phi) is 6.89. The largest absolute Gasteiger partial charge is 0.454 e. The summed E-state index contributed by atoms with van der Waals surface area (Å²) in [6.45, 7) is 0. The lowest BCUT2D eigenvalue weighted by Crippen LogP contribution is -2.10. The number of rotatable bonds is 6. The number of fused-ring (bicyclic) bond motifs is 6. The Bertz CT molecular complexity index is 3100. The number of benzene rings is 7. The first kappa shape index (κ1) is 30.5. The quantitative estimate of drug-likeness (QED) is 0.174. The van der Waals surface area contributed by atoms with E-state index >= 15 is 0 Å². The fourth-order valence-corrected chi connectivity index (χ4v) is 8.15. The average Bonchev–Trinajstić information content (AvgIpc) is 3.99. The molecule has 1 aliphatic rings. The second-order valence-electron chi connectivity index (χ2n) is 14.0. The van der Waals surface area contributed by atoms with Crippen LogP contribution in [0.4, 0.5) is 17.1 Å². The maximum absolute atomic E-state index is 6.19. The Morgan fingerprint density at radius 2 is 1.24 bits per heavy atom. The molecule has 1 aliphatic carbocycles. The molecule has 0 aliphatic heterocycles. The van der Waals surface area contributed by atoms with Crippen LogP contribution in [0.25, 0.3) is 77.0 Å². The van der Waals surface area contributed by atoms with E-state index in [1.807, 2.05) is 18.2 Å². The number of para-hydroxylation sites is 1. The summed E-state index contributed by atoms with van der Waals surface area (Å²) >= 11 is 0. The summed E-state index contributed by atoms with van der Waals surface area (Å²) < 4.78 is 8.58. The number of aromatic nitrogens is 2. The van der Waals surface area contributed by atoms with Gasteiger partial charge in [-0.15, -0.1) is 0 Å². The molecule has 0 amide bonds. The second kappa shape index (κ2) is 12.2. The van der Waals surface area contributed by atoms with Gasteiger partial charge in [-0.05, 0) is 136 Å². The maximum atomic E-state index is 6.19. The van der Waals surface area contributed by atoms with Crippen LogP contribution in [-0.4, -0.2) is 9.55 Å². The van der Waals surface area contributed by atoms with Crippen LogP contribution in [0.1, 0.15) is 12.0 Å². The van der Waals surface area contributed by atoms with Gasteiger partial charge in [0.25, 0.3) is 0 Å². The molecule has 0 bridgehead atoms. The van der Waals surface area contributed by atoms with E-state index in [1.165, 1.54) is 54.5 Å². The maximum Gasteiger partial charge on any atom is 0.153 e. The predicted molar refractivity (Wildman–Crippen MR) is 225 cm³/mol. The first-order valence-corrected chi connectivity index (χ1v) is 18.4. The van der Waals surface area contributed by atoms with Gasteiger partial charge in [0.15, 0.2) is 5.58 Å². The first-order valence-electron chi connectivity index (χ1n) is 18.4. The Hall–Kier alpha value is -7.17. The highest BCUT2D eigenvalue weighted by atomic mass is 16.3. The molecule has 0 fully saturated rings. The third kappa shape index (κ3) is 5.03. The molecular formula is C50H33N3O. The van der Waals surface area contributed by atoms with Gasteiger partial charge < -0.3 is 13.9 Å². The monoisotopic (exact) mass is 691 g/mol. The van der Waals surface area contributed by atoms with Gasteiger partial charge in [-0.2, -0.15) is 0 Å². The molecule has 54 heavy (non-hydrogen) atoms. The van der Waals surface area contributed by atoms with E-state index in [2.05, 4.69) is 178 Å². The number of nitrogens with zero attached hydrogens (tertiary/aromatic N) is 3. The number of hydrogen-bond donors (Lipinski definition) is 0. The van der Waals surface area contributed by atoms with Crippen molar-refractivity contribution in [1.82, 2.24) is 9.55 Å². The van der Waals surface area contributed by atoms with E-state index in [-0.39, 0.29) is 0 Å². The van der Waals surface area contributed by atoms with Crippen molar-refractivity contribution in [3.63, 3.8) is 0 Å². The highest BCUT2D eigenvalue weighted by Crippen LogP contribution is 2.42. The summed E-state index contributed by atoms with van der Waals surface area (Å²) in [4.78, 5) is 6.85. The zero-order valence-corrected chi connectivity index (χ0v) is 29.4. The van der Waals surface area contributed by atoms with Crippen molar-refractivity contribution in [3.8, 4) is 17.0 Å². The lowest BCUT2D eigenvalue weighted by Gasteiger charge is -2.26. The van der Waals surface area contributed by atoms with Crippen LogP contribution >= 0.6 is 0 Å². The van der Waals surface area contributed by atoms with Crippen LogP contribution in [0.2, 0.25) is 0 Å². The van der Waals surface area contributed by atoms with Crippen LogP contribution in [0.15, 0.2) is 193 Å². The zero-order chi connectivity index (χ0) is 35.6. The standard InChI is InChI=1S/C50H33N3O/c1-2-13-40(14-3-1)53-47-25-24-43(31-45(47)44-29-35-11-6-7-12-36(35)30-48(44)53)52(41-21-18-34(19-22-41)50-32-46-49(54-50)15-8-26-51-46)42-23-20-38-27-37(16-17-39(38)28-42)33-9-4-5-10-33/h1-9,11-32H,10H2. The summed E-state index contributed by atoms with van der Waals surface area (Å²) in [5.41, 5.74) is 12.0. The molecule has 7 aromatic carbocycles. The molecule has 11 rings (SSSR count). The number of furan rings is 1. The SMILES string of the molecule is C1=CCC(c2ccc3cc(N(c4ccc(-c5cc6ncccc6o5)cc4)c4ccc5c(c4)c4cc6ccccc6cc4n5-c4ccccc4)ccc3c2)=C1. The minimum atomic E-state index is 0.786. The molecule has 0 saturated carbocycles. The molecule has 254 valence electrons. The van der Waals surface area contributed by atoms with E-state index < -0.39 is 0 Å². The van der Waals surface area contributed by atoms with Gasteiger partial charge in [-0.3, -0.25) is 4.98 Å². The fraction of sp³-hybridized carbons (Fsp3) is 0.0200. The van der Waals surface area contributed by atoms with Crippen molar-refractivity contribution in [2.45, 2.75) is 6.42 Å². The molecule has 4 heteroatoms. The molecule has 10 aromatic rings. The van der Waals surface area contributed by atoms with Gasteiger partial charge in [0.1, 0.15) is 11.3 Å². The van der Waals surface area contributed by atoms with Crippen LogP contribution < -0.4 is 4.90 Å². The molecular weight excluding hydrogens is 659 g/mol. The second-order valence-corrected chi connectivity index (χ2v) is 14.0. The third-order valence-corrected chi connectivity index (χ3v) is 10.8. The minimum Gasteiger partial charge on any atom is -0.454 e. The van der Waals surface area contributed by atoms with Crippen LogP contribution in [0.3, 0.4) is 0 Å². The summed E-state index contributed by atoms with van der Waals surface area (Å²) in [6, 6.07) is 59.1. The number of pyridine rings is 1. The van der Waals surface area contributed by atoms with Gasteiger partial charge in [0, 0.05) is 51.3 Å². The summed E-state index contributed by atoms with van der Waals surface area (Å²) in [6.07, 6.45) is 9.36. The Morgan fingerprint density at radius 3 is 2.07 bits per heavy atom. The molecule has 0 saturated heterocycles. The molecule has 3 aromatic heterocycles. The van der Waals surface area contributed by atoms with Crippen molar-refractivity contribution < 1.29 is 4.42 Å². The van der Waals surface area contributed by atoms with Crippen LogP contribution in [0.5, 0.6) is 0 Å². The molecule has 3 heterocycles. The third-order valence-electron chi connectivity index (χ3n) is 10.8. The van der Waals surface area contributed by atoms with Crippen LogP contribution in [0, 0.1) is 0 Å². The Balaban J connectivity index is 1.10. The van der Waals surface area contributed by atoms with E-state index in [0.717, 1.165) is 51.6 Å². The molecule has 4 nitrogen and oxygen atoms in total. The lowest BCUT2D eigenvalue weighted by molar-refractivity contribution is 0.631. The number of hydrogen-bond acceptors (Lipinski definition) is 3. The molecule has 0 unspecified atom stereocenters. The summed E-state index contributed by atoms with van der Waals surface area (Å²) in [5.74, 6) is 0.804. The van der Waals surface area contributed by atoms with Gasteiger partial charge in [0.05, 0.1) is 11.0 Å². The first-order chi connectivity index (χ1) is 26.7. The van der Waals surface area contributed by atoms with Crippen molar-refractivity contribution in [2.24, 2.45) is 0 Å². The highest BCUT2D eigenvalue weighted by Gasteiger charge is 2.19. The van der Waals surface area contributed by atoms with E-state index in [1.54, 1.807) is 6.20 Å². The number of anilines is 3. The van der Waals surface area contributed by atoms with Crippen molar-refractivity contribution in [2.75, 3.05) is 4.90 Å². The molecule has 0 radical (unpaired) electrons. The lowest BCUT2D eigenvalue weighted by atomic mass is 10.00. The zero-order valence-electron chi connectivity index (χ0n) is 29.4. The van der Waals surface area contributed by atoms with Gasteiger partial charge in [0.2, 0.25) is 0 Å².